The summed E-state index contributed by atoms with van der Waals surface area (Å²) in [4.78, 5) is 4.56. The minimum atomic E-state index is 0.0964. The number of benzene rings is 1. The Balaban J connectivity index is 1.64. The molecule has 0 radical (unpaired) electrons. The first-order valence-electron chi connectivity index (χ1n) is 7.76. The van der Waals surface area contributed by atoms with Crippen molar-refractivity contribution < 1.29 is 4.52 Å². The van der Waals surface area contributed by atoms with Crippen LogP contribution in [0.2, 0.25) is 0 Å². The molecule has 0 aliphatic heterocycles. The van der Waals surface area contributed by atoms with Crippen molar-refractivity contribution in [1.82, 2.24) is 10.1 Å². The minimum absolute atomic E-state index is 0.0964. The van der Waals surface area contributed by atoms with Crippen LogP contribution in [-0.2, 0) is 19.3 Å². The van der Waals surface area contributed by atoms with E-state index < -0.39 is 0 Å². The standard InChI is InChI=1S/C17H23N3O/c1-11(2)7-15(18)10-16-19-17(20-21-16)14-8-12-5-3-4-6-13(12)9-14/h3-6,11,14-15H,7-10,18H2,1-2H3. The number of fused-ring (bicyclic) bond motifs is 1. The molecule has 0 saturated carbocycles. The molecule has 1 unspecified atom stereocenters. The molecule has 4 heteroatoms. The summed E-state index contributed by atoms with van der Waals surface area (Å²) >= 11 is 0. The van der Waals surface area contributed by atoms with Crippen molar-refractivity contribution in [1.29, 1.82) is 0 Å². The second-order valence-corrected chi connectivity index (χ2v) is 6.51. The highest BCUT2D eigenvalue weighted by Crippen LogP contribution is 2.32. The maximum absolute atomic E-state index is 6.11. The van der Waals surface area contributed by atoms with Crippen LogP contribution in [0.3, 0.4) is 0 Å². The average molecular weight is 285 g/mol. The van der Waals surface area contributed by atoms with Gasteiger partial charge in [0.25, 0.3) is 0 Å². The van der Waals surface area contributed by atoms with E-state index in [1.165, 1.54) is 11.1 Å². The summed E-state index contributed by atoms with van der Waals surface area (Å²) in [5, 5.41) is 4.17. The van der Waals surface area contributed by atoms with Gasteiger partial charge in [0.15, 0.2) is 5.82 Å². The highest BCUT2D eigenvalue weighted by molar-refractivity contribution is 5.34. The van der Waals surface area contributed by atoms with Crippen LogP contribution >= 0.6 is 0 Å². The van der Waals surface area contributed by atoms with Crippen molar-refractivity contribution in [3.8, 4) is 0 Å². The van der Waals surface area contributed by atoms with Crippen LogP contribution in [0.25, 0.3) is 0 Å². The Morgan fingerprint density at radius 3 is 2.52 bits per heavy atom. The van der Waals surface area contributed by atoms with E-state index in [1.54, 1.807) is 0 Å². The molecule has 0 bridgehead atoms. The molecule has 3 rings (SSSR count). The third-order valence-electron chi connectivity index (χ3n) is 4.11. The van der Waals surface area contributed by atoms with Gasteiger partial charge in [0.1, 0.15) is 0 Å². The second kappa shape index (κ2) is 5.98. The van der Waals surface area contributed by atoms with Crippen molar-refractivity contribution in [2.24, 2.45) is 11.7 Å². The highest BCUT2D eigenvalue weighted by Gasteiger charge is 2.26. The fraction of sp³-hybridized carbons (Fsp3) is 0.529. The summed E-state index contributed by atoms with van der Waals surface area (Å²) in [5.41, 5.74) is 8.93. The van der Waals surface area contributed by atoms with Crippen LogP contribution in [-0.4, -0.2) is 16.2 Å². The van der Waals surface area contributed by atoms with Crippen LogP contribution < -0.4 is 5.73 Å². The Kier molecular flexibility index (Phi) is 4.06. The van der Waals surface area contributed by atoms with E-state index >= 15 is 0 Å². The SMILES string of the molecule is CC(C)CC(N)Cc1nc(C2Cc3ccccc3C2)no1. The Bertz CT molecular complexity index is 581. The number of rotatable bonds is 5. The molecule has 1 atom stereocenters. The fourth-order valence-corrected chi connectivity index (χ4v) is 3.17. The zero-order valence-electron chi connectivity index (χ0n) is 12.7. The molecule has 0 fully saturated rings. The van der Waals surface area contributed by atoms with Crippen molar-refractivity contribution in [2.75, 3.05) is 0 Å². The average Bonchev–Trinajstić information content (AvgIpc) is 3.03. The Morgan fingerprint density at radius 2 is 1.90 bits per heavy atom. The van der Waals surface area contributed by atoms with E-state index in [0.717, 1.165) is 25.1 Å². The van der Waals surface area contributed by atoms with Crippen LogP contribution in [0.5, 0.6) is 0 Å². The van der Waals surface area contributed by atoms with Gasteiger partial charge in [-0.05, 0) is 36.3 Å². The first-order valence-corrected chi connectivity index (χ1v) is 7.76. The molecule has 1 aromatic carbocycles. The molecule has 1 heterocycles. The van der Waals surface area contributed by atoms with Gasteiger partial charge in [-0.15, -0.1) is 0 Å². The largest absolute Gasteiger partial charge is 0.339 e. The fourth-order valence-electron chi connectivity index (χ4n) is 3.17. The van der Waals surface area contributed by atoms with Crippen LogP contribution in [0.4, 0.5) is 0 Å². The molecule has 112 valence electrons. The third-order valence-corrected chi connectivity index (χ3v) is 4.11. The molecule has 2 aromatic rings. The monoisotopic (exact) mass is 285 g/mol. The summed E-state index contributed by atoms with van der Waals surface area (Å²) in [7, 11) is 0. The normalized spacial score (nSPS) is 16.4. The number of aromatic nitrogens is 2. The molecule has 21 heavy (non-hydrogen) atoms. The lowest BCUT2D eigenvalue weighted by atomic mass is 10.0. The number of hydrogen-bond acceptors (Lipinski definition) is 4. The molecule has 4 nitrogen and oxygen atoms in total. The maximum atomic E-state index is 6.11. The van der Waals surface area contributed by atoms with Crippen LogP contribution in [0, 0.1) is 5.92 Å². The zero-order valence-corrected chi connectivity index (χ0v) is 12.7. The van der Waals surface area contributed by atoms with E-state index in [2.05, 4.69) is 48.3 Å². The molecule has 0 spiro atoms. The quantitative estimate of drug-likeness (QED) is 0.917. The van der Waals surface area contributed by atoms with Crippen molar-refractivity contribution in [3.63, 3.8) is 0 Å². The molecule has 0 amide bonds. The maximum Gasteiger partial charge on any atom is 0.228 e. The summed E-state index contributed by atoms with van der Waals surface area (Å²) in [5.74, 6) is 2.44. The molecular weight excluding hydrogens is 262 g/mol. The lowest BCUT2D eigenvalue weighted by Crippen LogP contribution is -2.24. The van der Waals surface area contributed by atoms with E-state index in [1.807, 2.05) is 0 Å². The number of nitrogens with two attached hydrogens (primary N) is 1. The van der Waals surface area contributed by atoms with Crippen LogP contribution in [0.1, 0.15) is 49.0 Å². The van der Waals surface area contributed by atoms with E-state index in [0.29, 0.717) is 24.1 Å². The molecule has 1 aliphatic carbocycles. The van der Waals surface area contributed by atoms with Gasteiger partial charge in [-0.25, -0.2) is 0 Å². The van der Waals surface area contributed by atoms with Gasteiger partial charge in [0.05, 0.1) is 0 Å². The van der Waals surface area contributed by atoms with E-state index in [-0.39, 0.29) is 6.04 Å². The Morgan fingerprint density at radius 1 is 1.24 bits per heavy atom. The third kappa shape index (κ3) is 3.32. The molecule has 1 aliphatic rings. The predicted molar refractivity (Wildman–Crippen MR) is 82.0 cm³/mol. The van der Waals surface area contributed by atoms with E-state index in [9.17, 15) is 0 Å². The molecule has 0 saturated heterocycles. The first kappa shape index (κ1) is 14.3. The topological polar surface area (TPSA) is 64.9 Å². The summed E-state index contributed by atoms with van der Waals surface area (Å²) in [6.07, 6.45) is 3.66. The van der Waals surface area contributed by atoms with Crippen LogP contribution in [0.15, 0.2) is 28.8 Å². The summed E-state index contributed by atoms with van der Waals surface area (Å²) in [6, 6.07) is 8.66. The van der Waals surface area contributed by atoms with Gasteiger partial charge in [0, 0.05) is 18.4 Å². The van der Waals surface area contributed by atoms with Gasteiger partial charge in [0.2, 0.25) is 5.89 Å². The smallest absolute Gasteiger partial charge is 0.228 e. The van der Waals surface area contributed by atoms with Gasteiger partial charge in [-0.1, -0.05) is 43.3 Å². The lowest BCUT2D eigenvalue weighted by molar-refractivity contribution is 0.353. The minimum Gasteiger partial charge on any atom is -0.339 e. The van der Waals surface area contributed by atoms with Crippen molar-refractivity contribution >= 4 is 0 Å². The van der Waals surface area contributed by atoms with Crippen molar-refractivity contribution in [3.05, 3.63) is 47.1 Å². The second-order valence-electron chi connectivity index (χ2n) is 6.51. The number of nitrogens with zero attached hydrogens (tertiary/aromatic N) is 2. The lowest BCUT2D eigenvalue weighted by Gasteiger charge is -2.10. The van der Waals surface area contributed by atoms with Gasteiger partial charge in [-0.3, -0.25) is 0 Å². The van der Waals surface area contributed by atoms with Crippen molar-refractivity contribution in [2.45, 2.75) is 51.5 Å². The van der Waals surface area contributed by atoms with Gasteiger partial charge >= 0.3 is 0 Å². The first-order chi connectivity index (χ1) is 10.1. The predicted octanol–water partition coefficient (Wildman–Crippen LogP) is 2.87. The van der Waals surface area contributed by atoms with E-state index in [4.69, 9.17) is 10.3 Å². The molecular formula is C17H23N3O. The highest BCUT2D eigenvalue weighted by atomic mass is 16.5. The Labute approximate surface area is 125 Å². The number of hydrogen-bond donors (Lipinski definition) is 1. The Hall–Kier alpha value is -1.68. The molecule has 2 N–H and O–H groups in total. The summed E-state index contributed by atoms with van der Waals surface area (Å²) < 4.78 is 5.39. The van der Waals surface area contributed by atoms with Gasteiger partial charge < -0.3 is 10.3 Å². The molecule has 1 aromatic heterocycles. The summed E-state index contributed by atoms with van der Waals surface area (Å²) in [6.45, 7) is 4.35. The zero-order chi connectivity index (χ0) is 14.8. The van der Waals surface area contributed by atoms with Gasteiger partial charge in [-0.2, -0.15) is 4.98 Å².